The molecular formula is C22H19NS. The van der Waals surface area contributed by atoms with Crippen LogP contribution < -0.4 is 0 Å². The fourth-order valence-electron chi connectivity index (χ4n) is 3.48. The monoisotopic (exact) mass is 329 g/mol. The largest absolute Gasteiger partial charge is 0.236 e. The van der Waals surface area contributed by atoms with Crippen LogP contribution in [0.2, 0.25) is 0 Å². The van der Waals surface area contributed by atoms with Gasteiger partial charge in [0, 0.05) is 5.56 Å². The second-order valence-corrected chi connectivity index (χ2v) is 7.34. The lowest BCUT2D eigenvalue weighted by molar-refractivity contribution is 1.32. The van der Waals surface area contributed by atoms with Crippen LogP contribution in [0.1, 0.15) is 16.7 Å². The van der Waals surface area contributed by atoms with E-state index >= 15 is 0 Å². The van der Waals surface area contributed by atoms with E-state index in [1.54, 1.807) is 11.3 Å². The van der Waals surface area contributed by atoms with E-state index < -0.39 is 0 Å². The van der Waals surface area contributed by atoms with Crippen molar-refractivity contribution in [3.8, 4) is 21.7 Å². The van der Waals surface area contributed by atoms with Crippen molar-refractivity contribution < 1.29 is 0 Å². The molecule has 0 saturated carbocycles. The van der Waals surface area contributed by atoms with E-state index in [9.17, 15) is 0 Å². The third-order valence-corrected chi connectivity index (χ3v) is 5.47. The second kappa shape index (κ2) is 5.88. The number of rotatable bonds is 2. The minimum Gasteiger partial charge on any atom is -0.236 e. The fourth-order valence-corrected chi connectivity index (χ4v) is 4.49. The summed E-state index contributed by atoms with van der Waals surface area (Å²) in [5.74, 6) is 0. The molecule has 1 aromatic heterocycles. The van der Waals surface area contributed by atoms with Gasteiger partial charge in [0.15, 0.2) is 0 Å². The Labute approximate surface area is 146 Å². The maximum Gasteiger partial charge on any atom is 0.125 e. The lowest BCUT2D eigenvalue weighted by Crippen LogP contribution is -1.92. The van der Waals surface area contributed by atoms with Crippen LogP contribution in [0.4, 0.5) is 0 Å². The molecule has 1 nitrogen and oxygen atoms in total. The van der Waals surface area contributed by atoms with E-state index in [1.807, 2.05) is 6.07 Å². The van der Waals surface area contributed by atoms with Crippen LogP contribution in [0.15, 0.2) is 60.7 Å². The number of hydrogen-bond acceptors (Lipinski definition) is 2. The van der Waals surface area contributed by atoms with Gasteiger partial charge in [-0.2, -0.15) is 0 Å². The number of thiazole rings is 1. The molecule has 0 aliphatic carbocycles. The SMILES string of the molecule is Cc1cc(C)c(-c2ccccc2-c2nc3ccccc3s2)c(C)c1. The number of nitrogens with zero attached hydrogens (tertiary/aromatic N) is 1. The zero-order valence-electron chi connectivity index (χ0n) is 14.1. The quantitative estimate of drug-likeness (QED) is 0.406. The standard InChI is InChI=1S/C22H19NS/c1-14-12-15(2)21(16(3)13-14)17-8-4-5-9-18(17)22-23-19-10-6-7-11-20(19)24-22/h4-13H,1-3H3. The number of aromatic nitrogens is 1. The Balaban J connectivity index is 1.96. The van der Waals surface area contributed by atoms with Gasteiger partial charge in [-0.25, -0.2) is 4.98 Å². The van der Waals surface area contributed by atoms with Gasteiger partial charge in [-0.05, 0) is 55.2 Å². The third-order valence-electron chi connectivity index (χ3n) is 4.40. The Morgan fingerprint density at radius 2 is 1.38 bits per heavy atom. The lowest BCUT2D eigenvalue weighted by Gasteiger charge is -2.14. The first-order valence-electron chi connectivity index (χ1n) is 8.16. The smallest absolute Gasteiger partial charge is 0.125 e. The van der Waals surface area contributed by atoms with Gasteiger partial charge in [-0.15, -0.1) is 11.3 Å². The Morgan fingerprint density at radius 1 is 0.750 bits per heavy atom. The molecule has 24 heavy (non-hydrogen) atoms. The molecule has 118 valence electrons. The molecule has 0 fully saturated rings. The predicted octanol–water partition coefficient (Wildman–Crippen LogP) is 6.56. The molecule has 4 aromatic rings. The van der Waals surface area contributed by atoms with Gasteiger partial charge in [0.2, 0.25) is 0 Å². The second-order valence-electron chi connectivity index (χ2n) is 6.31. The fraction of sp³-hybridized carbons (Fsp3) is 0.136. The van der Waals surface area contributed by atoms with E-state index in [-0.39, 0.29) is 0 Å². The zero-order chi connectivity index (χ0) is 16.7. The van der Waals surface area contributed by atoms with Gasteiger partial charge in [-0.3, -0.25) is 0 Å². The molecular weight excluding hydrogens is 310 g/mol. The average molecular weight is 329 g/mol. The summed E-state index contributed by atoms with van der Waals surface area (Å²) in [4.78, 5) is 4.86. The van der Waals surface area contributed by atoms with Gasteiger partial charge in [0.05, 0.1) is 10.2 Å². The van der Waals surface area contributed by atoms with E-state index in [1.165, 1.54) is 38.1 Å². The van der Waals surface area contributed by atoms with Gasteiger partial charge < -0.3 is 0 Å². The average Bonchev–Trinajstić information content (AvgIpc) is 2.98. The van der Waals surface area contributed by atoms with Crippen molar-refractivity contribution in [2.24, 2.45) is 0 Å². The summed E-state index contributed by atoms with van der Waals surface area (Å²) >= 11 is 1.76. The molecule has 0 N–H and O–H groups in total. The first-order valence-corrected chi connectivity index (χ1v) is 8.98. The normalized spacial score (nSPS) is 11.1. The number of para-hydroxylation sites is 1. The number of hydrogen-bond donors (Lipinski definition) is 0. The minimum atomic E-state index is 1.07. The molecule has 0 bridgehead atoms. The molecule has 0 amide bonds. The number of benzene rings is 3. The first kappa shape index (κ1) is 15.1. The summed E-state index contributed by atoms with van der Waals surface area (Å²) in [6, 6.07) is 21.5. The molecule has 0 atom stereocenters. The maximum atomic E-state index is 4.86. The van der Waals surface area contributed by atoms with E-state index in [4.69, 9.17) is 4.98 Å². The summed E-state index contributed by atoms with van der Waals surface area (Å²) in [5.41, 5.74) is 8.84. The van der Waals surface area contributed by atoms with Crippen molar-refractivity contribution in [1.29, 1.82) is 0 Å². The summed E-state index contributed by atoms with van der Waals surface area (Å²) < 4.78 is 1.24. The Kier molecular flexibility index (Phi) is 3.70. The molecule has 0 radical (unpaired) electrons. The lowest BCUT2D eigenvalue weighted by atomic mass is 9.91. The highest BCUT2D eigenvalue weighted by Crippen LogP contribution is 2.39. The third kappa shape index (κ3) is 2.53. The van der Waals surface area contributed by atoms with E-state index in [0.717, 1.165) is 10.5 Å². The molecule has 4 rings (SSSR count). The highest BCUT2D eigenvalue weighted by molar-refractivity contribution is 7.21. The van der Waals surface area contributed by atoms with Crippen LogP contribution in [-0.2, 0) is 0 Å². The van der Waals surface area contributed by atoms with Gasteiger partial charge in [0.25, 0.3) is 0 Å². The number of fused-ring (bicyclic) bond motifs is 1. The van der Waals surface area contributed by atoms with Crippen LogP contribution >= 0.6 is 11.3 Å². The van der Waals surface area contributed by atoms with Crippen molar-refractivity contribution >= 4 is 21.6 Å². The van der Waals surface area contributed by atoms with Crippen molar-refractivity contribution in [2.75, 3.05) is 0 Å². The maximum absolute atomic E-state index is 4.86. The first-order chi connectivity index (χ1) is 11.6. The van der Waals surface area contributed by atoms with Gasteiger partial charge in [-0.1, -0.05) is 54.1 Å². The summed E-state index contributed by atoms with van der Waals surface area (Å²) in [6.07, 6.45) is 0. The van der Waals surface area contributed by atoms with Gasteiger partial charge >= 0.3 is 0 Å². The molecule has 0 aliphatic heterocycles. The number of aryl methyl sites for hydroxylation is 3. The van der Waals surface area contributed by atoms with Crippen LogP contribution in [0, 0.1) is 20.8 Å². The molecule has 0 spiro atoms. The highest BCUT2D eigenvalue weighted by atomic mass is 32.1. The van der Waals surface area contributed by atoms with E-state index in [0.29, 0.717) is 0 Å². The highest BCUT2D eigenvalue weighted by Gasteiger charge is 2.14. The van der Waals surface area contributed by atoms with Crippen LogP contribution in [0.25, 0.3) is 31.9 Å². The van der Waals surface area contributed by atoms with E-state index in [2.05, 4.69) is 75.4 Å². The Hall–Kier alpha value is -2.45. The van der Waals surface area contributed by atoms with Crippen LogP contribution in [0.5, 0.6) is 0 Å². The van der Waals surface area contributed by atoms with Crippen molar-refractivity contribution in [1.82, 2.24) is 4.98 Å². The van der Waals surface area contributed by atoms with Crippen molar-refractivity contribution in [2.45, 2.75) is 20.8 Å². The summed E-state index contributed by atoms with van der Waals surface area (Å²) in [5, 5.41) is 1.09. The summed E-state index contributed by atoms with van der Waals surface area (Å²) in [7, 11) is 0. The van der Waals surface area contributed by atoms with Gasteiger partial charge in [0.1, 0.15) is 5.01 Å². The van der Waals surface area contributed by atoms with Crippen molar-refractivity contribution in [3.05, 3.63) is 77.4 Å². The van der Waals surface area contributed by atoms with Crippen LogP contribution in [0.3, 0.4) is 0 Å². The molecule has 2 heteroatoms. The molecule has 0 unspecified atom stereocenters. The molecule has 1 heterocycles. The Bertz CT molecular complexity index is 987. The van der Waals surface area contributed by atoms with Crippen LogP contribution in [-0.4, -0.2) is 4.98 Å². The molecule has 0 saturated heterocycles. The Morgan fingerprint density at radius 3 is 2.08 bits per heavy atom. The topological polar surface area (TPSA) is 12.9 Å². The zero-order valence-corrected chi connectivity index (χ0v) is 14.9. The minimum absolute atomic E-state index is 1.07. The molecule has 0 aliphatic rings. The summed E-state index contributed by atoms with van der Waals surface area (Å²) in [6.45, 7) is 6.55. The van der Waals surface area contributed by atoms with Crippen molar-refractivity contribution in [3.63, 3.8) is 0 Å². The predicted molar refractivity (Wildman–Crippen MR) is 105 cm³/mol. The molecule has 3 aromatic carbocycles.